The minimum Gasteiger partial charge on any atom is -0.299 e. The third-order valence-corrected chi connectivity index (χ3v) is 9.17. The van der Waals surface area contributed by atoms with Crippen molar-refractivity contribution in [2.45, 2.75) is 62.9 Å². The van der Waals surface area contributed by atoms with Crippen LogP contribution in [0.1, 0.15) is 47.5 Å². The smallest absolute Gasteiger partial charge is 0.140 e. The number of carbonyl (C=O) groups is 1. The summed E-state index contributed by atoms with van der Waals surface area (Å²) in [5.41, 5.74) is 0. The Morgan fingerprint density at radius 2 is 1.53 bits per heavy atom. The minimum atomic E-state index is 0.00139. The van der Waals surface area contributed by atoms with Crippen LogP contribution in [0.3, 0.4) is 0 Å². The van der Waals surface area contributed by atoms with Crippen LogP contribution in [0, 0.1) is 11.8 Å². The van der Waals surface area contributed by atoms with Crippen LogP contribution in [0.2, 0.25) is 0 Å². The van der Waals surface area contributed by atoms with Crippen molar-refractivity contribution in [1.29, 1.82) is 0 Å². The second-order valence-electron chi connectivity index (χ2n) is 7.14. The number of fused-ring (bicyclic) bond motifs is 2. The summed E-state index contributed by atoms with van der Waals surface area (Å²) < 4.78 is 0. The fraction of sp³-hybridized carbons (Fsp3) is 0.923. The summed E-state index contributed by atoms with van der Waals surface area (Å²) >= 11 is 0. The minimum absolute atomic E-state index is 0.00139. The fourth-order valence-electron chi connectivity index (χ4n) is 4.38. The van der Waals surface area contributed by atoms with Gasteiger partial charge in [-0.15, -0.1) is 0 Å². The van der Waals surface area contributed by atoms with E-state index in [2.05, 4.69) is 34.6 Å². The van der Waals surface area contributed by atoms with E-state index >= 15 is 0 Å². The highest BCUT2D eigenvalue weighted by atomic mass is 31.1. The van der Waals surface area contributed by atoms with E-state index < -0.39 is 0 Å². The molecule has 4 atom stereocenters. The Labute approximate surface area is 93.8 Å². The maximum atomic E-state index is 12.1. The molecule has 15 heavy (non-hydrogen) atoms. The number of Topliss-reactive ketones (excluding diaryl/α,β-unsaturated/α-hetero) is 1. The van der Waals surface area contributed by atoms with Gasteiger partial charge >= 0.3 is 0 Å². The Morgan fingerprint density at radius 1 is 1.13 bits per heavy atom. The Balaban J connectivity index is 2.04. The molecule has 3 rings (SSSR count). The molecule has 1 saturated heterocycles. The van der Waals surface area contributed by atoms with Crippen LogP contribution in [-0.4, -0.2) is 21.3 Å². The lowest BCUT2D eigenvalue weighted by molar-refractivity contribution is -0.121. The van der Waals surface area contributed by atoms with Crippen molar-refractivity contribution in [2.24, 2.45) is 11.8 Å². The molecule has 0 spiro atoms. The molecule has 84 valence electrons. The first-order valence-corrected chi connectivity index (χ1v) is 7.39. The maximum absolute atomic E-state index is 12.1. The molecule has 0 aromatic rings. The van der Waals surface area contributed by atoms with Crippen molar-refractivity contribution < 1.29 is 4.79 Å². The van der Waals surface area contributed by atoms with Crippen LogP contribution in [0.25, 0.3) is 0 Å². The molecule has 0 N–H and O–H groups in total. The highest BCUT2D eigenvalue weighted by Crippen LogP contribution is 2.88. The van der Waals surface area contributed by atoms with E-state index in [0.717, 1.165) is 0 Å². The van der Waals surface area contributed by atoms with Gasteiger partial charge < -0.3 is 0 Å². The van der Waals surface area contributed by atoms with Gasteiger partial charge in [0.1, 0.15) is 5.78 Å². The summed E-state index contributed by atoms with van der Waals surface area (Å²) in [6.07, 6.45) is 2.39. The lowest BCUT2D eigenvalue weighted by Crippen LogP contribution is -2.35. The van der Waals surface area contributed by atoms with Crippen LogP contribution in [0.4, 0.5) is 0 Å². The lowest BCUT2D eigenvalue weighted by Gasteiger charge is -2.44. The molecular formula is C13H21OP. The van der Waals surface area contributed by atoms with Crippen molar-refractivity contribution in [2.75, 3.05) is 0 Å². The third kappa shape index (κ3) is 1.06. The Hall–Kier alpha value is 0.100. The van der Waals surface area contributed by atoms with E-state index in [-0.39, 0.29) is 7.92 Å². The summed E-state index contributed by atoms with van der Waals surface area (Å²) in [5, 5.41) is 1.24. The van der Waals surface area contributed by atoms with Gasteiger partial charge in [0, 0.05) is 11.8 Å². The number of rotatable bonds is 0. The van der Waals surface area contributed by atoms with E-state index in [4.69, 9.17) is 0 Å². The zero-order valence-corrected chi connectivity index (χ0v) is 11.3. The predicted molar refractivity (Wildman–Crippen MR) is 64.7 cm³/mol. The average molecular weight is 224 g/mol. The van der Waals surface area contributed by atoms with Gasteiger partial charge in [-0.1, -0.05) is 42.5 Å². The highest BCUT2D eigenvalue weighted by Gasteiger charge is 2.77. The van der Waals surface area contributed by atoms with Crippen LogP contribution >= 0.6 is 7.92 Å². The number of ketones is 1. The topological polar surface area (TPSA) is 17.1 Å². The van der Waals surface area contributed by atoms with E-state index in [1.807, 2.05) is 0 Å². The molecule has 4 unspecified atom stereocenters. The first-order chi connectivity index (χ1) is 6.71. The zero-order chi connectivity index (χ0) is 11.2. The quantitative estimate of drug-likeness (QED) is 0.576. The van der Waals surface area contributed by atoms with E-state index in [1.165, 1.54) is 12.8 Å². The summed E-state index contributed by atoms with van der Waals surface area (Å²) in [6.45, 7) is 11.9. The molecule has 1 aliphatic heterocycles. The molecule has 2 aliphatic carbocycles. The normalized spacial score (nSPS) is 57.1. The van der Waals surface area contributed by atoms with Gasteiger partial charge in [0.05, 0.1) is 0 Å². The molecule has 1 heterocycles. The molecule has 2 saturated carbocycles. The molecular weight excluding hydrogens is 203 g/mol. The monoisotopic (exact) mass is 224 g/mol. The van der Waals surface area contributed by atoms with Crippen molar-refractivity contribution in [3.8, 4) is 0 Å². The summed E-state index contributed by atoms with van der Waals surface area (Å²) in [6, 6.07) is 0. The van der Waals surface area contributed by atoms with Crippen LogP contribution in [0.5, 0.6) is 0 Å². The molecule has 3 fully saturated rings. The van der Waals surface area contributed by atoms with Crippen molar-refractivity contribution >= 4 is 13.7 Å². The average Bonchev–Trinajstić information content (AvgIpc) is 2.84. The second-order valence-corrected chi connectivity index (χ2v) is 11.2. The lowest BCUT2D eigenvalue weighted by atomic mass is 10.1. The maximum Gasteiger partial charge on any atom is 0.140 e. The largest absolute Gasteiger partial charge is 0.299 e. The molecule has 0 amide bonds. The van der Waals surface area contributed by atoms with Crippen molar-refractivity contribution in [1.82, 2.24) is 0 Å². The van der Waals surface area contributed by atoms with Crippen LogP contribution in [0.15, 0.2) is 0 Å². The first kappa shape index (κ1) is 10.3. The molecule has 3 aliphatic rings. The standard InChI is InChI=1S/C13H21OP/c1-11(2,3)15-12(4)6-8(12)10(14)9-7-13(9,15)5/h8-9H,6-7H2,1-5H3. The summed E-state index contributed by atoms with van der Waals surface area (Å²) in [7, 11) is 0.00139. The van der Waals surface area contributed by atoms with Crippen molar-refractivity contribution in [3.63, 3.8) is 0 Å². The Kier molecular flexibility index (Phi) is 1.61. The first-order valence-electron chi connectivity index (χ1n) is 6.05. The van der Waals surface area contributed by atoms with E-state index in [0.29, 0.717) is 33.1 Å². The highest BCUT2D eigenvalue weighted by molar-refractivity contribution is 7.63. The van der Waals surface area contributed by atoms with Gasteiger partial charge in [-0.25, -0.2) is 0 Å². The third-order valence-electron chi connectivity index (χ3n) is 4.80. The zero-order valence-electron chi connectivity index (χ0n) is 10.4. The molecule has 0 aromatic carbocycles. The summed E-state index contributed by atoms with van der Waals surface area (Å²) in [5.74, 6) is 1.51. The van der Waals surface area contributed by atoms with Gasteiger partial charge in [0.25, 0.3) is 0 Å². The van der Waals surface area contributed by atoms with Crippen molar-refractivity contribution in [3.05, 3.63) is 0 Å². The molecule has 0 aromatic heterocycles. The molecule has 1 nitrogen and oxygen atoms in total. The second kappa shape index (κ2) is 2.35. The molecule has 0 radical (unpaired) electrons. The molecule has 0 bridgehead atoms. The van der Waals surface area contributed by atoms with Crippen LogP contribution < -0.4 is 0 Å². The summed E-state index contributed by atoms with van der Waals surface area (Å²) in [4.78, 5) is 12.1. The predicted octanol–water partition coefficient (Wildman–Crippen LogP) is 3.41. The number of hydrogen-bond donors (Lipinski definition) is 0. The van der Waals surface area contributed by atoms with Gasteiger partial charge in [0.15, 0.2) is 0 Å². The number of carbonyl (C=O) groups excluding carboxylic acids is 1. The fourth-order valence-corrected chi connectivity index (χ4v) is 10.2. The number of hydrogen-bond acceptors (Lipinski definition) is 1. The Morgan fingerprint density at radius 3 is 1.87 bits per heavy atom. The van der Waals surface area contributed by atoms with E-state index in [1.54, 1.807) is 0 Å². The van der Waals surface area contributed by atoms with Gasteiger partial charge in [-0.2, -0.15) is 0 Å². The SMILES string of the molecule is CC(C)(C)P1C2(C)CC2C(=O)C2CC21C. The molecule has 2 heteroatoms. The van der Waals surface area contributed by atoms with Gasteiger partial charge in [0.2, 0.25) is 0 Å². The van der Waals surface area contributed by atoms with Gasteiger partial charge in [-0.05, 0) is 28.3 Å². The van der Waals surface area contributed by atoms with Crippen LogP contribution in [-0.2, 0) is 4.79 Å². The van der Waals surface area contributed by atoms with Gasteiger partial charge in [-0.3, -0.25) is 4.79 Å². The Bertz CT molecular complexity index is 330. The van der Waals surface area contributed by atoms with E-state index in [9.17, 15) is 4.79 Å².